The van der Waals surface area contributed by atoms with E-state index in [2.05, 4.69) is 11.6 Å². The third-order valence-corrected chi connectivity index (χ3v) is 6.25. The average molecular weight is 403 g/mol. The average Bonchev–Trinajstić information content (AvgIpc) is 2.69. The predicted octanol–water partition coefficient (Wildman–Crippen LogP) is 3.97. The van der Waals surface area contributed by atoms with Crippen molar-refractivity contribution in [3.63, 3.8) is 0 Å². The fourth-order valence-electron chi connectivity index (χ4n) is 3.14. The minimum atomic E-state index is -3.71. The van der Waals surface area contributed by atoms with Gasteiger partial charge in [-0.1, -0.05) is 38.3 Å². The fourth-order valence-corrected chi connectivity index (χ4v) is 4.19. The van der Waals surface area contributed by atoms with Crippen molar-refractivity contribution in [3.05, 3.63) is 48.0 Å². The Morgan fingerprint density at radius 1 is 1.07 bits per heavy atom. The molecule has 0 unspecified atom stereocenters. The zero-order chi connectivity index (χ0) is 20.1. The Morgan fingerprint density at radius 3 is 2.54 bits per heavy atom. The van der Waals surface area contributed by atoms with Gasteiger partial charge in [-0.25, -0.2) is 8.42 Å². The molecule has 6 nitrogen and oxygen atoms in total. The summed E-state index contributed by atoms with van der Waals surface area (Å²) in [6, 6.07) is 11.9. The molecule has 7 heteroatoms. The molecule has 28 heavy (non-hydrogen) atoms. The molecule has 0 bridgehead atoms. The lowest BCUT2D eigenvalue weighted by Crippen LogP contribution is -2.35. The SMILES string of the molecule is CCCCCCc1ccc(S(=O)(=O)Nc2ccc3c(c2)N(C)C(=O)CO3)cc1. The molecular formula is C21H26N2O4S. The molecular weight excluding hydrogens is 376 g/mol. The fraction of sp³-hybridized carbons (Fsp3) is 0.381. The van der Waals surface area contributed by atoms with Crippen LogP contribution in [0.15, 0.2) is 47.4 Å². The Labute approximate surface area is 166 Å². The lowest BCUT2D eigenvalue weighted by Gasteiger charge is -2.26. The minimum absolute atomic E-state index is 0.0145. The van der Waals surface area contributed by atoms with Gasteiger partial charge in [-0.15, -0.1) is 0 Å². The molecule has 1 aliphatic rings. The van der Waals surface area contributed by atoms with E-state index in [1.165, 1.54) is 24.2 Å². The molecule has 1 aliphatic heterocycles. The first kappa shape index (κ1) is 20.2. The molecule has 0 saturated carbocycles. The molecule has 0 fully saturated rings. The summed E-state index contributed by atoms with van der Waals surface area (Å²) in [5.41, 5.74) is 2.06. The van der Waals surface area contributed by atoms with Gasteiger partial charge in [0, 0.05) is 7.05 Å². The van der Waals surface area contributed by atoms with E-state index in [4.69, 9.17) is 4.74 Å². The first-order chi connectivity index (χ1) is 13.4. The van der Waals surface area contributed by atoms with Gasteiger partial charge in [0.15, 0.2) is 6.61 Å². The molecule has 0 atom stereocenters. The number of carbonyl (C=O) groups excluding carboxylic acids is 1. The van der Waals surface area contributed by atoms with Crippen LogP contribution in [-0.2, 0) is 21.2 Å². The number of likely N-dealkylation sites (N-methyl/N-ethyl adjacent to an activating group) is 1. The Bertz CT molecular complexity index is 939. The van der Waals surface area contributed by atoms with Crippen molar-refractivity contribution in [2.45, 2.75) is 43.9 Å². The number of nitrogens with zero attached hydrogens (tertiary/aromatic N) is 1. The van der Waals surface area contributed by atoms with E-state index in [9.17, 15) is 13.2 Å². The number of sulfonamides is 1. The summed E-state index contributed by atoms with van der Waals surface area (Å²) in [4.78, 5) is 13.5. The van der Waals surface area contributed by atoms with Gasteiger partial charge in [0.05, 0.1) is 16.3 Å². The van der Waals surface area contributed by atoms with Gasteiger partial charge in [0.1, 0.15) is 5.75 Å². The molecule has 0 aliphatic carbocycles. The van der Waals surface area contributed by atoms with Crippen LogP contribution in [-0.4, -0.2) is 28.0 Å². The number of carbonyl (C=O) groups is 1. The van der Waals surface area contributed by atoms with Gasteiger partial charge < -0.3 is 9.64 Å². The van der Waals surface area contributed by atoms with Crippen LogP contribution in [0.25, 0.3) is 0 Å². The maximum atomic E-state index is 12.7. The number of nitrogens with one attached hydrogen (secondary N) is 1. The summed E-state index contributed by atoms with van der Waals surface area (Å²) < 4.78 is 33.4. The summed E-state index contributed by atoms with van der Waals surface area (Å²) in [5.74, 6) is 0.375. The Morgan fingerprint density at radius 2 is 1.82 bits per heavy atom. The first-order valence-corrected chi connectivity index (χ1v) is 11.0. The number of fused-ring (bicyclic) bond motifs is 1. The van der Waals surface area contributed by atoms with Crippen LogP contribution in [0.2, 0.25) is 0 Å². The summed E-state index contributed by atoms with van der Waals surface area (Å²) in [7, 11) is -2.07. The predicted molar refractivity (Wildman–Crippen MR) is 110 cm³/mol. The van der Waals surface area contributed by atoms with Crippen molar-refractivity contribution in [1.29, 1.82) is 0 Å². The molecule has 0 saturated heterocycles. The first-order valence-electron chi connectivity index (χ1n) is 9.56. The van der Waals surface area contributed by atoms with Crippen molar-refractivity contribution in [2.24, 2.45) is 0 Å². The summed E-state index contributed by atoms with van der Waals surface area (Å²) >= 11 is 0. The highest BCUT2D eigenvalue weighted by atomic mass is 32.2. The quantitative estimate of drug-likeness (QED) is 0.678. The highest BCUT2D eigenvalue weighted by Gasteiger charge is 2.23. The van der Waals surface area contributed by atoms with Crippen LogP contribution >= 0.6 is 0 Å². The second kappa shape index (κ2) is 8.65. The Kier molecular flexibility index (Phi) is 6.24. The van der Waals surface area contributed by atoms with E-state index in [-0.39, 0.29) is 17.4 Å². The van der Waals surface area contributed by atoms with Crippen LogP contribution in [0.5, 0.6) is 5.75 Å². The van der Waals surface area contributed by atoms with Crippen molar-refractivity contribution >= 4 is 27.3 Å². The third-order valence-electron chi connectivity index (χ3n) is 4.85. The zero-order valence-electron chi connectivity index (χ0n) is 16.3. The molecule has 150 valence electrons. The number of unbranched alkanes of at least 4 members (excludes halogenated alkanes) is 3. The maximum Gasteiger partial charge on any atom is 0.264 e. The van der Waals surface area contributed by atoms with Crippen molar-refractivity contribution in [3.8, 4) is 5.75 Å². The highest BCUT2D eigenvalue weighted by molar-refractivity contribution is 7.92. The number of anilines is 2. The molecule has 2 aromatic carbocycles. The van der Waals surface area contributed by atoms with Crippen molar-refractivity contribution in [2.75, 3.05) is 23.3 Å². The van der Waals surface area contributed by atoms with Crippen LogP contribution in [0.4, 0.5) is 11.4 Å². The topological polar surface area (TPSA) is 75.7 Å². The van der Waals surface area contributed by atoms with Crippen LogP contribution < -0.4 is 14.4 Å². The molecule has 0 aromatic heterocycles. The van der Waals surface area contributed by atoms with Gasteiger partial charge in [-0.05, 0) is 48.7 Å². The molecule has 1 amide bonds. The van der Waals surface area contributed by atoms with E-state index in [1.807, 2.05) is 12.1 Å². The summed E-state index contributed by atoms with van der Waals surface area (Å²) in [6.07, 6.45) is 5.68. The summed E-state index contributed by atoms with van der Waals surface area (Å²) in [6.45, 7) is 2.16. The summed E-state index contributed by atoms with van der Waals surface area (Å²) in [5, 5.41) is 0. The Hall–Kier alpha value is -2.54. The van der Waals surface area contributed by atoms with Crippen LogP contribution in [0.3, 0.4) is 0 Å². The number of hydrogen-bond acceptors (Lipinski definition) is 4. The Balaban J connectivity index is 1.71. The van der Waals surface area contributed by atoms with Crippen LogP contribution in [0, 0.1) is 0 Å². The number of benzene rings is 2. The number of amides is 1. The van der Waals surface area contributed by atoms with E-state index in [0.29, 0.717) is 17.1 Å². The molecule has 1 heterocycles. The number of hydrogen-bond donors (Lipinski definition) is 1. The molecule has 2 aromatic rings. The normalized spacial score (nSPS) is 13.8. The maximum absolute atomic E-state index is 12.7. The van der Waals surface area contributed by atoms with Gasteiger partial charge in [-0.2, -0.15) is 0 Å². The number of ether oxygens (including phenoxy) is 1. The molecule has 0 radical (unpaired) electrons. The highest BCUT2D eigenvalue weighted by Crippen LogP contribution is 2.34. The molecule has 1 N–H and O–H groups in total. The molecule has 0 spiro atoms. The van der Waals surface area contributed by atoms with Gasteiger partial charge in [-0.3, -0.25) is 9.52 Å². The zero-order valence-corrected chi connectivity index (χ0v) is 17.1. The molecule has 3 rings (SSSR count). The van der Waals surface area contributed by atoms with Gasteiger partial charge in [0.25, 0.3) is 15.9 Å². The second-order valence-corrected chi connectivity index (χ2v) is 8.67. The van der Waals surface area contributed by atoms with Crippen molar-refractivity contribution in [1.82, 2.24) is 0 Å². The second-order valence-electron chi connectivity index (χ2n) is 6.98. The van der Waals surface area contributed by atoms with Gasteiger partial charge >= 0.3 is 0 Å². The lowest BCUT2D eigenvalue weighted by molar-refractivity contribution is -0.120. The standard InChI is InChI=1S/C21H26N2O4S/c1-3-4-5-6-7-16-8-11-18(12-9-16)28(25,26)22-17-10-13-20-19(14-17)23(2)21(24)15-27-20/h8-14,22H,3-7,15H2,1-2H3. The lowest BCUT2D eigenvalue weighted by atomic mass is 10.1. The smallest absolute Gasteiger partial charge is 0.264 e. The number of rotatable bonds is 8. The van der Waals surface area contributed by atoms with Crippen LogP contribution in [0.1, 0.15) is 38.2 Å². The van der Waals surface area contributed by atoms with E-state index in [0.717, 1.165) is 18.4 Å². The minimum Gasteiger partial charge on any atom is -0.482 e. The van der Waals surface area contributed by atoms with E-state index >= 15 is 0 Å². The third kappa shape index (κ3) is 4.65. The van der Waals surface area contributed by atoms with E-state index in [1.54, 1.807) is 37.4 Å². The number of aryl methyl sites for hydroxylation is 1. The van der Waals surface area contributed by atoms with Crippen molar-refractivity contribution < 1.29 is 17.9 Å². The monoisotopic (exact) mass is 402 g/mol. The van der Waals surface area contributed by atoms with E-state index < -0.39 is 10.0 Å². The largest absolute Gasteiger partial charge is 0.482 e. The van der Waals surface area contributed by atoms with Gasteiger partial charge in [0.2, 0.25) is 0 Å².